The zero-order valence-corrected chi connectivity index (χ0v) is 15.3. The second-order valence-corrected chi connectivity index (χ2v) is 7.01. The number of rotatable bonds is 3. The summed E-state index contributed by atoms with van der Waals surface area (Å²) in [4.78, 5) is 23.7. The van der Waals surface area contributed by atoms with Crippen molar-refractivity contribution >= 4 is 11.6 Å². The largest absolute Gasteiger partial charge is 0.573 e. The van der Waals surface area contributed by atoms with Gasteiger partial charge in [-0.1, -0.05) is 12.1 Å². The molecule has 2 aromatic rings. The predicted molar refractivity (Wildman–Crippen MR) is 99.1 cm³/mol. The van der Waals surface area contributed by atoms with Crippen LogP contribution in [-0.4, -0.2) is 42.5 Å². The minimum Gasteiger partial charge on any atom is -0.404 e. The first kappa shape index (κ1) is 18.6. The molecule has 4 rings (SSSR count). The van der Waals surface area contributed by atoms with Crippen molar-refractivity contribution in [2.24, 2.45) is 0 Å². The van der Waals surface area contributed by atoms with Crippen LogP contribution in [0.25, 0.3) is 0 Å². The molecular formula is C19H21F3N4O2. The number of piperazine rings is 1. The van der Waals surface area contributed by atoms with Gasteiger partial charge in [0.15, 0.2) is 5.75 Å². The number of hydrogen-bond acceptors (Lipinski definition) is 5. The van der Waals surface area contributed by atoms with Gasteiger partial charge in [0, 0.05) is 31.7 Å². The maximum absolute atomic E-state index is 12.7. The van der Waals surface area contributed by atoms with Crippen LogP contribution >= 0.6 is 0 Å². The third-order valence-electron chi connectivity index (χ3n) is 5.19. The monoisotopic (exact) mass is 394 g/mol. The smallest absolute Gasteiger partial charge is 0.404 e. The summed E-state index contributed by atoms with van der Waals surface area (Å²) in [7, 11) is 0. The molecule has 0 bridgehead atoms. The second kappa shape index (κ2) is 7.37. The maximum atomic E-state index is 12.7. The Balaban J connectivity index is 1.49. The van der Waals surface area contributed by atoms with E-state index in [1.54, 1.807) is 12.1 Å². The fraction of sp³-hybridized carbons (Fsp3) is 0.474. The summed E-state index contributed by atoms with van der Waals surface area (Å²) >= 11 is 0. The minimum absolute atomic E-state index is 0.0777. The van der Waals surface area contributed by atoms with Crippen LogP contribution in [0, 0.1) is 0 Å². The molecule has 0 radical (unpaired) electrons. The van der Waals surface area contributed by atoms with Crippen molar-refractivity contribution in [3.8, 4) is 5.75 Å². The molecule has 150 valence electrons. The van der Waals surface area contributed by atoms with E-state index in [1.165, 1.54) is 12.1 Å². The van der Waals surface area contributed by atoms with Crippen LogP contribution in [0.5, 0.6) is 5.75 Å². The lowest BCUT2D eigenvalue weighted by molar-refractivity contribution is -0.274. The first-order chi connectivity index (χ1) is 13.4. The van der Waals surface area contributed by atoms with Crippen molar-refractivity contribution in [3.05, 3.63) is 45.9 Å². The van der Waals surface area contributed by atoms with Gasteiger partial charge in [-0.15, -0.1) is 13.2 Å². The Labute approximate surface area is 159 Å². The molecule has 1 aliphatic carbocycles. The number of aromatic amines is 1. The maximum Gasteiger partial charge on any atom is 0.573 e. The highest BCUT2D eigenvalue weighted by molar-refractivity contribution is 5.59. The quantitative estimate of drug-likeness (QED) is 0.868. The molecule has 6 nitrogen and oxygen atoms in total. The molecule has 2 heterocycles. The van der Waals surface area contributed by atoms with Crippen LogP contribution in [0.4, 0.5) is 24.8 Å². The van der Waals surface area contributed by atoms with Crippen LogP contribution in [-0.2, 0) is 12.8 Å². The number of hydrogen-bond donors (Lipinski definition) is 1. The molecule has 0 saturated carbocycles. The van der Waals surface area contributed by atoms with Gasteiger partial charge in [-0.2, -0.15) is 0 Å². The first-order valence-corrected chi connectivity index (χ1v) is 9.37. The standard InChI is InChI=1S/C19H21F3N4O2/c20-19(21,22)28-16-8-4-3-7-15(16)25-9-11-26(12-10-25)18-23-14-6-2-1-5-13(14)17(27)24-18/h3-4,7-8H,1-2,5-6,9-12H2,(H,23,24,27). The molecule has 9 heteroatoms. The minimum atomic E-state index is -4.73. The molecule has 1 saturated heterocycles. The van der Waals surface area contributed by atoms with Crippen LogP contribution in [0.1, 0.15) is 24.1 Å². The van der Waals surface area contributed by atoms with Gasteiger partial charge in [-0.05, 0) is 37.8 Å². The van der Waals surface area contributed by atoms with E-state index in [0.29, 0.717) is 37.8 Å². The van der Waals surface area contributed by atoms with Gasteiger partial charge in [-0.3, -0.25) is 9.78 Å². The van der Waals surface area contributed by atoms with E-state index in [4.69, 9.17) is 0 Å². The molecule has 1 N–H and O–H groups in total. The van der Waals surface area contributed by atoms with E-state index in [0.717, 1.165) is 36.9 Å². The SMILES string of the molecule is O=c1[nH]c(N2CCN(c3ccccc3OC(F)(F)F)CC2)nc2c1CCCC2. The van der Waals surface area contributed by atoms with Gasteiger partial charge < -0.3 is 14.5 Å². The lowest BCUT2D eigenvalue weighted by atomic mass is 9.97. The highest BCUT2D eigenvalue weighted by atomic mass is 19.4. The zero-order chi connectivity index (χ0) is 19.7. The lowest BCUT2D eigenvalue weighted by Crippen LogP contribution is -2.48. The van der Waals surface area contributed by atoms with Crippen molar-refractivity contribution in [1.82, 2.24) is 9.97 Å². The number of aromatic nitrogens is 2. The van der Waals surface area contributed by atoms with Gasteiger partial charge in [0.2, 0.25) is 5.95 Å². The highest BCUT2D eigenvalue weighted by Gasteiger charge is 2.33. The summed E-state index contributed by atoms with van der Waals surface area (Å²) in [5, 5.41) is 0. The van der Waals surface area contributed by atoms with Crippen LogP contribution in [0.2, 0.25) is 0 Å². The van der Waals surface area contributed by atoms with E-state index < -0.39 is 6.36 Å². The molecule has 0 atom stereocenters. The van der Waals surface area contributed by atoms with Crippen LogP contribution in [0.3, 0.4) is 0 Å². The number of nitrogens with zero attached hydrogens (tertiary/aromatic N) is 3. The Morgan fingerprint density at radius 2 is 1.68 bits per heavy atom. The molecule has 1 aromatic carbocycles. The Morgan fingerprint density at radius 1 is 1.00 bits per heavy atom. The van der Waals surface area contributed by atoms with Crippen molar-refractivity contribution in [1.29, 1.82) is 0 Å². The number of alkyl halides is 3. The molecule has 28 heavy (non-hydrogen) atoms. The van der Waals surface area contributed by atoms with E-state index in [2.05, 4.69) is 14.7 Å². The number of halogens is 3. The number of para-hydroxylation sites is 2. The number of anilines is 2. The van der Waals surface area contributed by atoms with E-state index in [9.17, 15) is 18.0 Å². The summed E-state index contributed by atoms with van der Waals surface area (Å²) in [6, 6.07) is 6.14. The summed E-state index contributed by atoms with van der Waals surface area (Å²) in [6.45, 7) is 2.09. The molecular weight excluding hydrogens is 373 g/mol. The topological polar surface area (TPSA) is 61.5 Å². The van der Waals surface area contributed by atoms with E-state index in [-0.39, 0.29) is 11.3 Å². The molecule has 1 aromatic heterocycles. The average molecular weight is 394 g/mol. The summed E-state index contributed by atoms with van der Waals surface area (Å²) in [5.74, 6) is 0.342. The zero-order valence-electron chi connectivity index (χ0n) is 15.3. The summed E-state index contributed by atoms with van der Waals surface area (Å²) in [5.41, 5.74) is 1.99. The van der Waals surface area contributed by atoms with Crippen molar-refractivity contribution in [3.63, 3.8) is 0 Å². The number of fused-ring (bicyclic) bond motifs is 1. The second-order valence-electron chi connectivity index (χ2n) is 7.01. The number of benzene rings is 1. The molecule has 1 aliphatic heterocycles. The van der Waals surface area contributed by atoms with Gasteiger partial charge in [-0.25, -0.2) is 4.98 Å². The van der Waals surface area contributed by atoms with Gasteiger partial charge >= 0.3 is 6.36 Å². The van der Waals surface area contributed by atoms with E-state index in [1.807, 2.05) is 9.80 Å². The fourth-order valence-corrected chi connectivity index (χ4v) is 3.83. The third kappa shape index (κ3) is 3.93. The van der Waals surface area contributed by atoms with Gasteiger partial charge in [0.1, 0.15) is 0 Å². The van der Waals surface area contributed by atoms with Crippen LogP contribution < -0.4 is 20.1 Å². The Bertz CT molecular complexity index is 905. The van der Waals surface area contributed by atoms with Gasteiger partial charge in [0.05, 0.1) is 11.4 Å². The fourth-order valence-electron chi connectivity index (χ4n) is 3.83. The number of ether oxygens (including phenoxy) is 1. The molecule has 0 amide bonds. The Hall–Kier alpha value is -2.71. The Kier molecular flexibility index (Phi) is 4.91. The number of nitrogens with one attached hydrogen (secondary N) is 1. The third-order valence-corrected chi connectivity index (χ3v) is 5.19. The van der Waals surface area contributed by atoms with Crippen molar-refractivity contribution in [2.75, 3.05) is 36.0 Å². The van der Waals surface area contributed by atoms with Crippen LogP contribution in [0.15, 0.2) is 29.1 Å². The van der Waals surface area contributed by atoms with Crippen molar-refractivity contribution < 1.29 is 17.9 Å². The Morgan fingerprint density at radius 3 is 2.43 bits per heavy atom. The van der Waals surface area contributed by atoms with Gasteiger partial charge in [0.25, 0.3) is 5.56 Å². The molecule has 0 unspecified atom stereocenters. The number of aryl methyl sites for hydroxylation is 1. The lowest BCUT2D eigenvalue weighted by Gasteiger charge is -2.37. The van der Waals surface area contributed by atoms with Crippen molar-refractivity contribution in [2.45, 2.75) is 32.0 Å². The summed E-state index contributed by atoms with van der Waals surface area (Å²) in [6.07, 6.45) is -1.11. The highest BCUT2D eigenvalue weighted by Crippen LogP contribution is 2.33. The van der Waals surface area contributed by atoms with E-state index >= 15 is 0 Å². The molecule has 2 aliphatic rings. The number of H-pyrrole nitrogens is 1. The predicted octanol–water partition coefficient (Wildman–Crippen LogP) is 2.87. The normalized spacial score (nSPS) is 17.4. The average Bonchev–Trinajstić information content (AvgIpc) is 2.67. The molecule has 1 fully saturated rings. The first-order valence-electron chi connectivity index (χ1n) is 9.37. The molecule has 0 spiro atoms. The summed E-state index contributed by atoms with van der Waals surface area (Å²) < 4.78 is 42.1.